The number of rotatable bonds is 3. The summed E-state index contributed by atoms with van der Waals surface area (Å²) in [5.41, 5.74) is 0.894. The van der Waals surface area contributed by atoms with Gasteiger partial charge < -0.3 is 5.32 Å². The van der Waals surface area contributed by atoms with E-state index in [-0.39, 0.29) is 0 Å². The number of hydrogen-bond donors (Lipinski definition) is 1. The Balaban J connectivity index is 1.68. The van der Waals surface area contributed by atoms with Gasteiger partial charge in [0.1, 0.15) is 5.82 Å². The van der Waals surface area contributed by atoms with Crippen LogP contribution in [-0.2, 0) is 0 Å². The molecule has 1 aliphatic rings. The van der Waals surface area contributed by atoms with Crippen molar-refractivity contribution >= 4 is 23.2 Å². The molecule has 1 N–H and O–H groups in total. The number of aromatic nitrogens is 3. The van der Waals surface area contributed by atoms with Crippen molar-refractivity contribution in [2.75, 3.05) is 23.4 Å². The van der Waals surface area contributed by atoms with Crippen LogP contribution < -0.4 is 5.32 Å². The second kappa shape index (κ2) is 4.33. The molecule has 1 aliphatic heterocycles. The Morgan fingerprint density at radius 3 is 3.38 bits per heavy atom. The van der Waals surface area contributed by atoms with E-state index in [0.717, 1.165) is 23.9 Å². The lowest BCUT2D eigenvalue weighted by atomic mass is 10.1. The lowest BCUT2D eigenvalue weighted by Crippen LogP contribution is -2.14. The summed E-state index contributed by atoms with van der Waals surface area (Å²) in [4.78, 5) is 4.48. The van der Waals surface area contributed by atoms with Gasteiger partial charge in [0.2, 0.25) is 0 Å². The molecule has 2 aromatic rings. The molecule has 0 spiro atoms. The fraction of sp³-hybridized carbons (Fsp3) is 0.455. The van der Waals surface area contributed by atoms with Gasteiger partial charge in [-0.3, -0.25) is 0 Å². The minimum atomic E-state index is 0.799. The molecule has 0 saturated carbocycles. The Hall–Kier alpha value is -1.23. The van der Waals surface area contributed by atoms with Gasteiger partial charge in [0.05, 0.1) is 6.20 Å². The fourth-order valence-electron chi connectivity index (χ4n) is 1.90. The molecule has 1 unspecified atom stereocenters. The summed E-state index contributed by atoms with van der Waals surface area (Å²) in [7, 11) is 0. The van der Waals surface area contributed by atoms with E-state index in [2.05, 4.69) is 15.4 Å². The molecule has 84 valence electrons. The van der Waals surface area contributed by atoms with Gasteiger partial charge >= 0.3 is 0 Å². The van der Waals surface area contributed by atoms with Gasteiger partial charge in [0.15, 0.2) is 5.65 Å². The highest BCUT2D eigenvalue weighted by Gasteiger charge is 2.14. The Labute approximate surface area is 98.4 Å². The number of thioether (sulfide) groups is 1. The smallest absolute Gasteiger partial charge is 0.157 e. The minimum absolute atomic E-state index is 0.799. The molecule has 2 aromatic heterocycles. The van der Waals surface area contributed by atoms with Crippen molar-refractivity contribution in [2.24, 2.45) is 5.92 Å². The van der Waals surface area contributed by atoms with Gasteiger partial charge in [-0.1, -0.05) is 0 Å². The van der Waals surface area contributed by atoms with Crippen LogP contribution in [0.3, 0.4) is 0 Å². The molecule has 1 saturated heterocycles. The zero-order valence-electron chi connectivity index (χ0n) is 8.97. The molecule has 0 amide bonds. The SMILES string of the molecule is c1cc2nc(NCC3CCSC3)ccn2n1. The number of nitrogens with one attached hydrogen (secondary N) is 1. The molecular weight excluding hydrogens is 220 g/mol. The predicted molar refractivity (Wildman–Crippen MR) is 66.9 cm³/mol. The summed E-state index contributed by atoms with van der Waals surface area (Å²) >= 11 is 2.05. The van der Waals surface area contributed by atoms with Crippen LogP contribution in [0.4, 0.5) is 5.82 Å². The van der Waals surface area contributed by atoms with E-state index in [1.165, 1.54) is 17.9 Å². The summed E-state index contributed by atoms with van der Waals surface area (Å²) in [6, 6.07) is 3.89. The lowest BCUT2D eigenvalue weighted by molar-refractivity contribution is 0.630. The van der Waals surface area contributed by atoms with Crippen molar-refractivity contribution in [1.29, 1.82) is 0 Å². The van der Waals surface area contributed by atoms with Crippen LogP contribution in [-0.4, -0.2) is 32.6 Å². The number of anilines is 1. The second-order valence-electron chi connectivity index (χ2n) is 4.06. The maximum absolute atomic E-state index is 4.48. The van der Waals surface area contributed by atoms with Gasteiger partial charge in [-0.05, 0) is 29.9 Å². The van der Waals surface area contributed by atoms with Crippen LogP contribution in [0.15, 0.2) is 24.5 Å². The van der Waals surface area contributed by atoms with E-state index in [1.807, 2.05) is 30.1 Å². The number of nitrogens with zero attached hydrogens (tertiary/aromatic N) is 3. The molecule has 0 aliphatic carbocycles. The Morgan fingerprint density at radius 1 is 1.50 bits per heavy atom. The monoisotopic (exact) mass is 234 g/mol. The largest absolute Gasteiger partial charge is 0.370 e. The molecule has 0 radical (unpaired) electrons. The van der Waals surface area contributed by atoms with E-state index < -0.39 is 0 Å². The third-order valence-electron chi connectivity index (χ3n) is 2.85. The molecule has 1 atom stereocenters. The topological polar surface area (TPSA) is 42.2 Å². The van der Waals surface area contributed by atoms with E-state index in [1.54, 1.807) is 10.7 Å². The molecule has 4 nitrogen and oxygen atoms in total. The third kappa shape index (κ3) is 2.00. The van der Waals surface area contributed by atoms with Crippen molar-refractivity contribution in [3.05, 3.63) is 24.5 Å². The predicted octanol–water partition coefficient (Wildman–Crippen LogP) is 1.89. The van der Waals surface area contributed by atoms with Crippen molar-refractivity contribution in [3.8, 4) is 0 Å². The first-order valence-corrected chi connectivity index (χ1v) is 6.69. The van der Waals surface area contributed by atoms with Crippen LogP contribution in [0.25, 0.3) is 5.65 Å². The van der Waals surface area contributed by atoms with E-state index in [4.69, 9.17) is 0 Å². The van der Waals surface area contributed by atoms with Gasteiger partial charge in [-0.2, -0.15) is 16.9 Å². The van der Waals surface area contributed by atoms with Crippen LogP contribution in [0.1, 0.15) is 6.42 Å². The molecular formula is C11H14N4S. The van der Waals surface area contributed by atoms with Crippen molar-refractivity contribution in [2.45, 2.75) is 6.42 Å². The van der Waals surface area contributed by atoms with Gasteiger partial charge in [0.25, 0.3) is 0 Å². The van der Waals surface area contributed by atoms with E-state index in [0.29, 0.717) is 0 Å². The minimum Gasteiger partial charge on any atom is -0.370 e. The Morgan fingerprint density at radius 2 is 2.50 bits per heavy atom. The van der Waals surface area contributed by atoms with Crippen molar-refractivity contribution in [3.63, 3.8) is 0 Å². The summed E-state index contributed by atoms with van der Waals surface area (Å²) in [6.07, 6.45) is 5.03. The fourth-order valence-corrected chi connectivity index (χ4v) is 3.19. The molecule has 0 bridgehead atoms. The molecule has 3 rings (SSSR count). The second-order valence-corrected chi connectivity index (χ2v) is 5.21. The van der Waals surface area contributed by atoms with Crippen LogP contribution in [0.2, 0.25) is 0 Å². The van der Waals surface area contributed by atoms with E-state index >= 15 is 0 Å². The molecule has 5 heteroatoms. The number of hydrogen-bond acceptors (Lipinski definition) is 4. The Kier molecular flexibility index (Phi) is 2.70. The molecule has 3 heterocycles. The maximum Gasteiger partial charge on any atom is 0.157 e. The summed E-state index contributed by atoms with van der Waals surface area (Å²) in [6.45, 7) is 1.03. The first-order valence-electron chi connectivity index (χ1n) is 5.54. The number of fused-ring (bicyclic) bond motifs is 1. The van der Waals surface area contributed by atoms with Gasteiger partial charge in [-0.15, -0.1) is 0 Å². The first-order chi connectivity index (χ1) is 7.92. The van der Waals surface area contributed by atoms with Crippen LogP contribution in [0, 0.1) is 5.92 Å². The lowest BCUT2D eigenvalue weighted by Gasteiger charge is -2.10. The molecule has 1 fully saturated rings. The quantitative estimate of drug-likeness (QED) is 0.880. The normalized spacial score (nSPS) is 20.4. The first kappa shape index (κ1) is 9.96. The Bertz CT molecular complexity index is 476. The van der Waals surface area contributed by atoms with Crippen LogP contribution in [0.5, 0.6) is 0 Å². The summed E-state index contributed by atoms with van der Waals surface area (Å²) in [5, 5.41) is 7.52. The average Bonchev–Trinajstić information content (AvgIpc) is 2.97. The average molecular weight is 234 g/mol. The van der Waals surface area contributed by atoms with Crippen LogP contribution >= 0.6 is 11.8 Å². The zero-order chi connectivity index (χ0) is 10.8. The third-order valence-corrected chi connectivity index (χ3v) is 4.09. The zero-order valence-corrected chi connectivity index (χ0v) is 9.78. The molecule has 0 aromatic carbocycles. The van der Waals surface area contributed by atoms with Crippen molar-refractivity contribution < 1.29 is 0 Å². The van der Waals surface area contributed by atoms with Crippen molar-refractivity contribution in [1.82, 2.24) is 14.6 Å². The van der Waals surface area contributed by atoms with Gasteiger partial charge in [-0.25, -0.2) is 9.50 Å². The molecule has 16 heavy (non-hydrogen) atoms. The van der Waals surface area contributed by atoms with Gasteiger partial charge in [0, 0.05) is 18.8 Å². The standard InChI is InChI=1S/C11H14N4S/c1-4-13-15-5-2-10(14-11(1)15)12-7-9-3-6-16-8-9/h1-2,4-5,9H,3,6-8H2,(H,12,14). The summed E-state index contributed by atoms with van der Waals surface area (Å²) < 4.78 is 1.77. The highest BCUT2D eigenvalue weighted by atomic mass is 32.2. The summed E-state index contributed by atoms with van der Waals surface area (Å²) in [5.74, 6) is 4.33. The highest BCUT2D eigenvalue weighted by molar-refractivity contribution is 7.99. The highest BCUT2D eigenvalue weighted by Crippen LogP contribution is 2.23. The van der Waals surface area contributed by atoms with E-state index in [9.17, 15) is 0 Å². The maximum atomic E-state index is 4.48.